The van der Waals surface area contributed by atoms with Gasteiger partial charge < -0.3 is 5.32 Å². The number of hydrogen-bond acceptors (Lipinski definition) is 4. The number of carbonyl (C=O) groups is 2. The third kappa shape index (κ3) is 5.62. The number of nitrogens with zero attached hydrogens (tertiary/aromatic N) is 2. The Morgan fingerprint density at radius 2 is 1.71 bits per heavy atom. The van der Waals surface area contributed by atoms with E-state index < -0.39 is 23.7 Å². The molecule has 0 aliphatic heterocycles. The Morgan fingerprint density at radius 3 is 2.32 bits per heavy atom. The number of hydrogen-bond donors (Lipinski definition) is 3. The molecule has 0 radical (unpaired) electrons. The number of carbonyl (C=O) groups excluding carboxylic acids is 2. The smallest absolute Gasteiger partial charge is 0.376 e. The number of rotatable bonds is 5. The van der Waals surface area contributed by atoms with Gasteiger partial charge in [0.2, 0.25) is 0 Å². The number of hydrazine groups is 1. The van der Waals surface area contributed by atoms with E-state index in [1.54, 1.807) is 0 Å². The molecule has 0 aliphatic carbocycles. The van der Waals surface area contributed by atoms with Gasteiger partial charge in [-0.2, -0.15) is 18.3 Å². The molecule has 0 saturated carbocycles. The molecule has 3 rings (SSSR count). The number of aromatic nitrogens is 2. The maximum Gasteiger partial charge on any atom is 0.435 e. The lowest BCUT2D eigenvalue weighted by atomic mass is 10.1. The number of anilines is 1. The molecule has 10 heteroatoms. The summed E-state index contributed by atoms with van der Waals surface area (Å²) < 4.78 is 39.0. The molecule has 0 saturated heterocycles. The molecule has 0 spiro atoms. The molecule has 1 heterocycles. The zero-order chi connectivity index (χ0) is 22.6. The van der Waals surface area contributed by atoms with Gasteiger partial charge in [0.15, 0.2) is 5.69 Å². The SMILES string of the molecule is Cc1ccc(NCC(=O)NNC(=O)c2ccc(-n3ccc(C(F)(F)F)n3)cc2)c(C)c1. The van der Waals surface area contributed by atoms with Crippen LogP contribution < -0.4 is 16.2 Å². The topological polar surface area (TPSA) is 88.0 Å². The maximum absolute atomic E-state index is 12.7. The average Bonchev–Trinajstić information content (AvgIpc) is 3.22. The number of aryl methyl sites for hydroxylation is 2. The lowest BCUT2D eigenvalue weighted by molar-refractivity contribution is -0.141. The fourth-order valence-corrected chi connectivity index (χ4v) is 2.81. The first-order valence-corrected chi connectivity index (χ1v) is 9.27. The summed E-state index contributed by atoms with van der Waals surface area (Å²) >= 11 is 0. The Balaban J connectivity index is 1.52. The van der Waals surface area contributed by atoms with Crippen LogP contribution in [0.4, 0.5) is 18.9 Å². The number of amides is 2. The van der Waals surface area contributed by atoms with E-state index in [2.05, 4.69) is 21.3 Å². The Bertz CT molecular complexity index is 1090. The van der Waals surface area contributed by atoms with Gasteiger partial charge in [0, 0.05) is 17.4 Å². The first-order valence-electron chi connectivity index (χ1n) is 9.27. The van der Waals surface area contributed by atoms with Crippen LogP contribution in [0.3, 0.4) is 0 Å². The number of halogens is 3. The normalized spacial score (nSPS) is 11.1. The summed E-state index contributed by atoms with van der Waals surface area (Å²) in [5.74, 6) is -1.01. The summed E-state index contributed by atoms with van der Waals surface area (Å²) in [7, 11) is 0. The first kappa shape index (κ1) is 21.9. The van der Waals surface area contributed by atoms with Crippen LogP contribution >= 0.6 is 0 Å². The van der Waals surface area contributed by atoms with Crippen LogP contribution in [0.15, 0.2) is 54.7 Å². The third-order valence-corrected chi connectivity index (χ3v) is 4.41. The van der Waals surface area contributed by atoms with Crippen molar-refractivity contribution in [1.82, 2.24) is 20.6 Å². The first-order chi connectivity index (χ1) is 14.6. The molecule has 3 aromatic rings. The van der Waals surface area contributed by atoms with E-state index in [1.807, 2.05) is 32.0 Å². The van der Waals surface area contributed by atoms with Crippen LogP contribution in [-0.2, 0) is 11.0 Å². The van der Waals surface area contributed by atoms with Crippen molar-refractivity contribution in [2.45, 2.75) is 20.0 Å². The summed E-state index contributed by atoms with van der Waals surface area (Å²) in [6.45, 7) is 3.86. The summed E-state index contributed by atoms with van der Waals surface area (Å²) in [5, 5.41) is 6.46. The van der Waals surface area contributed by atoms with Gasteiger partial charge in [-0.25, -0.2) is 4.68 Å². The summed E-state index contributed by atoms with van der Waals surface area (Å²) in [5.41, 5.74) is 7.08. The fourth-order valence-electron chi connectivity index (χ4n) is 2.81. The van der Waals surface area contributed by atoms with Crippen molar-refractivity contribution >= 4 is 17.5 Å². The van der Waals surface area contributed by atoms with Crippen molar-refractivity contribution in [1.29, 1.82) is 0 Å². The number of benzene rings is 2. The molecule has 31 heavy (non-hydrogen) atoms. The van der Waals surface area contributed by atoms with Crippen molar-refractivity contribution in [3.8, 4) is 5.69 Å². The largest absolute Gasteiger partial charge is 0.435 e. The molecule has 0 unspecified atom stereocenters. The highest BCUT2D eigenvalue weighted by Gasteiger charge is 2.33. The Kier molecular flexibility index (Phi) is 6.28. The monoisotopic (exact) mass is 431 g/mol. The van der Waals surface area contributed by atoms with Gasteiger partial charge in [-0.3, -0.25) is 20.4 Å². The summed E-state index contributed by atoms with van der Waals surface area (Å²) in [6.07, 6.45) is -3.35. The van der Waals surface area contributed by atoms with Gasteiger partial charge >= 0.3 is 6.18 Å². The number of alkyl halides is 3. The molecule has 3 N–H and O–H groups in total. The predicted molar refractivity (Wildman–Crippen MR) is 109 cm³/mol. The predicted octanol–water partition coefficient (Wildman–Crippen LogP) is 3.38. The van der Waals surface area contributed by atoms with E-state index in [9.17, 15) is 22.8 Å². The van der Waals surface area contributed by atoms with E-state index in [0.717, 1.165) is 27.6 Å². The van der Waals surface area contributed by atoms with Crippen LogP contribution in [0.25, 0.3) is 5.69 Å². The highest BCUT2D eigenvalue weighted by atomic mass is 19.4. The highest BCUT2D eigenvalue weighted by molar-refractivity contribution is 5.95. The Morgan fingerprint density at radius 1 is 1.00 bits per heavy atom. The molecule has 1 aromatic heterocycles. The molecule has 0 bridgehead atoms. The maximum atomic E-state index is 12.7. The molecule has 2 amide bonds. The minimum absolute atomic E-state index is 0.0377. The highest BCUT2D eigenvalue weighted by Crippen LogP contribution is 2.27. The van der Waals surface area contributed by atoms with Crippen LogP contribution in [0.1, 0.15) is 27.2 Å². The Labute approximate surface area is 176 Å². The molecule has 162 valence electrons. The van der Waals surface area contributed by atoms with Gasteiger partial charge in [0.1, 0.15) is 0 Å². The minimum atomic E-state index is -4.53. The second-order valence-electron chi connectivity index (χ2n) is 6.86. The van der Waals surface area contributed by atoms with Crippen LogP contribution in [-0.4, -0.2) is 28.1 Å². The van der Waals surface area contributed by atoms with Crippen molar-refractivity contribution in [2.24, 2.45) is 0 Å². The van der Waals surface area contributed by atoms with Crippen molar-refractivity contribution in [2.75, 3.05) is 11.9 Å². The number of nitrogens with one attached hydrogen (secondary N) is 3. The van der Waals surface area contributed by atoms with Gasteiger partial charge in [0.05, 0.1) is 12.2 Å². The van der Waals surface area contributed by atoms with Gasteiger partial charge in [-0.15, -0.1) is 0 Å². The average molecular weight is 431 g/mol. The third-order valence-electron chi connectivity index (χ3n) is 4.41. The molecular weight excluding hydrogens is 411 g/mol. The van der Waals surface area contributed by atoms with E-state index in [1.165, 1.54) is 30.5 Å². The van der Waals surface area contributed by atoms with Crippen LogP contribution in [0.2, 0.25) is 0 Å². The summed E-state index contributed by atoms with van der Waals surface area (Å²) in [6, 6.07) is 12.4. The second kappa shape index (κ2) is 8.90. The van der Waals surface area contributed by atoms with Crippen molar-refractivity contribution < 1.29 is 22.8 Å². The molecule has 7 nitrogen and oxygen atoms in total. The molecule has 0 fully saturated rings. The van der Waals surface area contributed by atoms with E-state index in [0.29, 0.717) is 5.69 Å². The summed E-state index contributed by atoms with van der Waals surface area (Å²) in [4.78, 5) is 24.1. The quantitative estimate of drug-likeness (QED) is 0.541. The lowest BCUT2D eigenvalue weighted by Crippen LogP contribution is -2.44. The zero-order valence-electron chi connectivity index (χ0n) is 16.7. The van der Waals surface area contributed by atoms with E-state index in [-0.39, 0.29) is 12.1 Å². The second-order valence-corrected chi connectivity index (χ2v) is 6.86. The molecular formula is C21H20F3N5O2. The van der Waals surface area contributed by atoms with E-state index >= 15 is 0 Å². The minimum Gasteiger partial charge on any atom is -0.376 e. The van der Waals surface area contributed by atoms with Gasteiger partial charge in [0.25, 0.3) is 11.8 Å². The molecule has 0 aliphatic rings. The Hall–Kier alpha value is -3.82. The zero-order valence-corrected chi connectivity index (χ0v) is 16.7. The lowest BCUT2D eigenvalue weighted by Gasteiger charge is -2.11. The van der Waals surface area contributed by atoms with Gasteiger partial charge in [-0.05, 0) is 55.8 Å². The fraction of sp³-hybridized carbons (Fsp3) is 0.190. The van der Waals surface area contributed by atoms with Gasteiger partial charge in [-0.1, -0.05) is 17.7 Å². The molecule has 0 atom stereocenters. The van der Waals surface area contributed by atoms with Crippen LogP contribution in [0, 0.1) is 13.8 Å². The standard InChI is InChI=1S/C21H20F3N5O2/c1-13-3-8-17(14(2)11-13)25-12-19(30)26-27-20(31)15-4-6-16(7-5-15)29-10-9-18(28-29)21(22,23)24/h3-11,25H,12H2,1-2H3,(H,26,30)(H,27,31). The molecule has 2 aromatic carbocycles. The van der Waals surface area contributed by atoms with E-state index in [4.69, 9.17) is 0 Å². The van der Waals surface area contributed by atoms with Crippen molar-refractivity contribution in [3.63, 3.8) is 0 Å². The van der Waals surface area contributed by atoms with Crippen LogP contribution in [0.5, 0.6) is 0 Å². The van der Waals surface area contributed by atoms with Crippen molar-refractivity contribution in [3.05, 3.63) is 77.1 Å².